The zero-order chi connectivity index (χ0) is 16.7. The molecule has 1 aromatic rings. The van der Waals surface area contributed by atoms with E-state index in [1.54, 1.807) is 18.9 Å². The third-order valence-electron chi connectivity index (χ3n) is 4.46. The monoisotopic (exact) mass is 336 g/mol. The Labute approximate surface area is 144 Å². The van der Waals surface area contributed by atoms with Gasteiger partial charge in [-0.25, -0.2) is 0 Å². The van der Waals surface area contributed by atoms with E-state index in [-0.39, 0.29) is 11.2 Å². The molecule has 4 nitrogen and oxygen atoms in total. The van der Waals surface area contributed by atoms with Gasteiger partial charge in [0.15, 0.2) is 0 Å². The quantitative estimate of drug-likeness (QED) is 0.777. The molecule has 1 fully saturated rings. The Morgan fingerprint density at radius 2 is 2.00 bits per heavy atom. The SMILES string of the molecule is CCN1CCC(CNC(=O)[C@H](C)Sc2ccc(OC)cc2)CC1. The zero-order valence-electron chi connectivity index (χ0n) is 14.4. The fourth-order valence-electron chi connectivity index (χ4n) is 2.81. The van der Waals surface area contributed by atoms with Crippen molar-refractivity contribution in [3.63, 3.8) is 0 Å². The summed E-state index contributed by atoms with van der Waals surface area (Å²) < 4.78 is 5.15. The molecular formula is C18H28N2O2S. The summed E-state index contributed by atoms with van der Waals surface area (Å²) in [5.74, 6) is 1.59. The lowest BCUT2D eigenvalue weighted by Crippen LogP contribution is -2.40. The van der Waals surface area contributed by atoms with Crippen LogP contribution in [0.25, 0.3) is 0 Å². The first-order valence-corrected chi connectivity index (χ1v) is 9.31. The van der Waals surface area contributed by atoms with E-state index >= 15 is 0 Å². The van der Waals surface area contributed by atoms with Crippen LogP contribution in [-0.4, -0.2) is 49.3 Å². The molecule has 0 aromatic heterocycles. The smallest absolute Gasteiger partial charge is 0.233 e. The van der Waals surface area contributed by atoms with Crippen molar-refractivity contribution in [2.24, 2.45) is 5.92 Å². The molecule has 128 valence electrons. The molecule has 0 spiro atoms. The summed E-state index contributed by atoms with van der Waals surface area (Å²) in [5, 5.41) is 3.04. The Morgan fingerprint density at radius 1 is 1.35 bits per heavy atom. The summed E-state index contributed by atoms with van der Waals surface area (Å²) in [6, 6.07) is 7.84. The second kappa shape index (κ2) is 9.18. The maximum Gasteiger partial charge on any atom is 0.233 e. The van der Waals surface area contributed by atoms with Crippen LogP contribution >= 0.6 is 11.8 Å². The second-order valence-electron chi connectivity index (χ2n) is 6.06. The maximum atomic E-state index is 12.3. The molecule has 1 aromatic carbocycles. The van der Waals surface area contributed by atoms with Gasteiger partial charge in [-0.15, -0.1) is 11.8 Å². The number of rotatable bonds is 7. The largest absolute Gasteiger partial charge is 0.497 e. The number of piperidine rings is 1. The summed E-state index contributed by atoms with van der Waals surface area (Å²) >= 11 is 1.59. The van der Waals surface area contributed by atoms with E-state index in [1.165, 1.54) is 12.8 Å². The van der Waals surface area contributed by atoms with Crippen LogP contribution in [-0.2, 0) is 4.79 Å². The van der Waals surface area contributed by atoms with Gasteiger partial charge in [0.25, 0.3) is 0 Å². The number of thioether (sulfide) groups is 1. The average Bonchev–Trinajstić information content (AvgIpc) is 2.60. The lowest BCUT2D eigenvalue weighted by molar-refractivity contribution is -0.120. The number of methoxy groups -OCH3 is 1. The molecule has 23 heavy (non-hydrogen) atoms. The number of ether oxygens (including phenoxy) is 1. The molecule has 1 N–H and O–H groups in total. The van der Waals surface area contributed by atoms with Crippen LogP contribution in [0.3, 0.4) is 0 Å². The van der Waals surface area contributed by atoms with E-state index in [9.17, 15) is 4.79 Å². The van der Waals surface area contributed by atoms with Gasteiger partial charge in [-0.05, 0) is 69.6 Å². The molecule has 1 heterocycles. The van der Waals surface area contributed by atoms with E-state index in [1.807, 2.05) is 31.2 Å². The van der Waals surface area contributed by atoms with Gasteiger partial charge in [0.05, 0.1) is 12.4 Å². The van der Waals surface area contributed by atoms with Crippen molar-refractivity contribution < 1.29 is 9.53 Å². The highest BCUT2D eigenvalue weighted by atomic mass is 32.2. The number of carbonyl (C=O) groups excluding carboxylic acids is 1. The lowest BCUT2D eigenvalue weighted by Gasteiger charge is -2.31. The fraction of sp³-hybridized carbons (Fsp3) is 0.611. The number of likely N-dealkylation sites (tertiary alicyclic amines) is 1. The average molecular weight is 337 g/mol. The first kappa shape index (κ1) is 18.1. The number of hydrogen-bond donors (Lipinski definition) is 1. The van der Waals surface area contributed by atoms with Gasteiger partial charge in [-0.3, -0.25) is 4.79 Å². The van der Waals surface area contributed by atoms with Crippen molar-refractivity contribution >= 4 is 17.7 Å². The third-order valence-corrected chi connectivity index (χ3v) is 5.57. The molecule has 5 heteroatoms. The number of amides is 1. The summed E-state index contributed by atoms with van der Waals surface area (Å²) in [6.07, 6.45) is 2.38. The van der Waals surface area contributed by atoms with Crippen LogP contribution in [0.1, 0.15) is 26.7 Å². The molecule has 0 saturated carbocycles. The minimum atomic E-state index is -0.0841. The van der Waals surface area contributed by atoms with Crippen LogP contribution in [0.15, 0.2) is 29.2 Å². The summed E-state index contributed by atoms with van der Waals surface area (Å²) in [5.41, 5.74) is 0. The molecular weight excluding hydrogens is 308 g/mol. The molecule has 2 rings (SSSR count). The molecule has 1 amide bonds. The molecule has 1 aliphatic heterocycles. The van der Waals surface area contributed by atoms with E-state index in [0.717, 1.165) is 36.8 Å². The van der Waals surface area contributed by atoms with Crippen molar-refractivity contribution in [2.75, 3.05) is 33.3 Å². The van der Waals surface area contributed by atoms with Crippen molar-refractivity contribution in [2.45, 2.75) is 36.8 Å². The Kier molecular flexibility index (Phi) is 7.24. The second-order valence-corrected chi connectivity index (χ2v) is 7.47. The zero-order valence-corrected chi connectivity index (χ0v) is 15.2. The molecule has 1 aliphatic rings. The van der Waals surface area contributed by atoms with Gasteiger partial charge in [0.2, 0.25) is 5.91 Å². The molecule has 0 bridgehead atoms. The number of hydrogen-bond acceptors (Lipinski definition) is 4. The predicted octanol–water partition coefficient (Wildman–Crippen LogP) is 3.02. The lowest BCUT2D eigenvalue weighted by atomic mass is 9.97. The van der Waals surface area contributed by atoms with E-state index in [4.69, 9.17) is 4.74 Å². The standard InChI is InChI=1S/C18H28N2O2S/c1-4-20-11-9-15(10-12-20)13-19-18(21)14(2)23-17-7-5-16(22-3)6-8-17/h5-8,14-15H,4,9-13H2,1-3H3,(H,19,21)/t14-/m0/s1. The molecule has 0 aliphatic carbocycles. The fourth-order valence-corrected chi connectivity index (χ4v) is 3.70. The van der Waals surface area contributed by atoms with Crippen molar-refractivity contribution in [1.29, 1.82) is 0 Å². The maximum absolute atomic E-state index is 12.3. The van der Waals surface area contributed by atoms with Gasteiger partial charge in [0, 0.05) is 11.4 Å². The number of nitrogens with one attached hydrogen (secondary N) is 1. The van der Waals surface area contributed by atoms with Crippen LogP contribution in [0.5, 0.6) is 5.75 Å². The van der Waals surface area contributed by atoms with Crippen molar-refractivity contribution in [3.8, 4) is 5.75 Å². The van der Waals surface area contributed by atoms with Crippen molar-refractivity contribution in [1.82, 2.24) is 10.2 Å². The highest BCUT2D eigenvalue weighted by Crippen LogP contribution is 2.25. The van der Waals surface area contributed by atoms with Crippen LogP contribution in [0.2, 0.25) is 0 Å². The van der Waals surface area contributed by atoms with Crippen LogP contribution in [0.4, 0.5) is 0 Å². The van der Waals surface area contributed by atoms with Gasteiger partial charge in [-0.1, -0.05) is 6.92 Å². The normalized spacial score (nSPS) is 17.7. The molecule has 1 atom stereocenters. The Balaban J connectivity index is 1.72. The summed E-state index contributed by atoms with van der Waals surface area (Å²) in [7, 11) is 1.66. The van der Waals surface area contributed by atoms with Crippen molar-refractivity contribution in [3.05, 3.63) is 24.3 Å². The van der Waals surface area contributed by atoms with Gasteiger partial charge in [-0.2, -0.15) is 0 Å². The van der Waals surface area contributed by atoms with Gasteiger partial charge < -0.3 is 15.0 Å². The molecule has 0 radical (unpaired) electrons. The number of benzene rings is 1. The van der Waals surface area contributed by atoms with Crippen LogP contribution in [0, 0.1) is 5.92 Å². The third kappa shape index (κ3) is 5.74. The number of nitrogens with zero attached hydrogens (tertiary/aromatic N) is 1. The first-order valence-electron chi connectivity index (χ1n) is 8.43. The predicted molar refractivity (Wildman–Crippen MR) is 96.2 cm³/mol. The Bertz CT molecular complexity index is 484. The first-order chi connectivity index (χ1) is 11.1. The number of carbonyl (C=O) groups is 1. The summed E-state index contributed by atoms with van der Waals surface area (Å²) in [4.78, 5) is 15.8. The van der Waals surface area contributed by atoms with Gasteiger partial charge in [0.1, 0.15) is 5.75 Å². The Morgan fingerprint density at radius 3 is 2.57 bits per heavy atom. The van der Waals surface area contributed by atoms with E-state index in [2.05, 4.69) is 17.1 Å². The minimum absolute atomic E-state index is 0.0841. The van der Waals surface area contributed by atoms with Crippen LogP contribution < -0.4 is 10.1 Å². The van der Waals surface area contributed by atoms with Gasteiger partial charge >= 0.3 is 0 Å². The van der Waals surface area contributed by atoms with E-state index < -0.39 is 0 Å². The Hall–Kier alpha value is -1.20. The highest BCUT2D eigenvalue weighted by molar-refractivity contribution is 8.00. The molecule has 1 saturated heterocycles. The van der Waals surface area contributed by atoms with E-state index in [0.29, 0.717) is 5.92 Å². The summed E-state index contributed by atoms with van der Waals surface area (Å²) in [6.45, 7) is 8.43. The molecule has 0 unspecified atom stereocenters. The minimum Gasteiger partial charge on any atom is -0.497 e. The highest BCUT2D eigenvalue weighted by Gasteiger charge is 2.20. The topological polar surface area (TPSA) is 41.6 Å².